The normalized spacial score (nSPS) is 12.9. The summed E-state index contributed by atoms with van der Waals surface area (Å²) in [5.41, 5.74) is 1.18. The second kappa shape index (κ2) is 8.59. The molecule has 1 unspecified atom stereocenters. The average molecular weight is 255 g/mol. The van der Waals surface area contributed by atoms with E-state index >= 15 is 0 Å². The molecule has 0 bridgehead atoms. The van der Waals surface area contributed by atoms with Crippen LogP contribution in [-0.4, -0.2) is 16.1 Å². The van der Waals surface area contributed by atoms with Crippen molar-refractivity contribution in [2.24, 2.45) is 0 Å². The molecule has 0 spiro atoms. The van der Waals surface area contributed by atoms with Gasteiger partial charge >= 0.3 is 0 Å². The topological polar surface area (TPSA) is 37.8 Å². The number of nitrogens with zero attached hydrogens (tertiary/aromatic N) is 2. The van der Waals surface area contributed by atoms with Gasteiger partial charge in [0.05, 0.1) is 10.6 Å². The summed E-state index contributed by atoms with van der Waals surface area (Å²) in [6.45, 7) is 7.59. The Kier molecular flexibility index (Phi) is 7.37. The number of aryl methyl sites for hydroxylation is 1. The van der Waals surface area contributed by atoms with Gasteiger partial charge < -0.3 is 5.32 Å². The Bertz CT molecular complexity index is 299. The van der Waals surface area contributed by atoms with Crippen LogP contribution in [0.4, 0.5) is 0 Å². The molecular formula is C13H25N3S. The van der Waals surface area contributed by atoms with Gasteiger partial charge in [-0.25, -0.2) is 0 Å². The van der Waals surface area contributed by atoms with Crippen LogP contribution in [0, 0.1) is 0 Å². The number of nitrogens with one attached hydrogen (secondary N) is 1. The van der Waals surface area contributed by atoms with Gasteiger partial charge in [-0.1, -0.05) is 50.9 Å². The lowest BCUT2D eigenvalue weighted by molar-refractivity contribution is 0.484. The molecule has 1 rings (SSSR count). The maximum absolute atomic E-state index is 4.21. The summed E-state index contributed by atoms with van der Waals surface area (Å²) in [6, 6.07) is 0.465. The van der Waals surface area contributed by atoms with E-state index < -0.39 is 0 Å². The molecule has 3 nitrogen and oxygen atoms in total. The van der Waals surface area contributed by atoms with E-state index in [4.69, 9.17) is 0 Å². The number of hydrogen-bond acceptors (Lipinski definition) is 4. The minimum absolute atomic E-state index is 0.465. The summed E-state index contributed by atoms with van der Waals surface area (Å²) in [6.07, 6.45) is 7.49. The Morgan fingerprint density at radius 1 is 1.18 bits per heavy atom. The zero-order valence-corrected chi connectivity index (χ0v) is 12.1. The van der Waals surface area contributed by atoms with E-state index in [1.54, 1.807) is 11.5 Å². The third-order valence-corrected chi connectivity index (χ3v) is 3.91. The maximum Gasteiger partial charge on any atom is 0.0800 e. The fraction of sp³-hybridized carbons (Fsp3) is 0.846. The van der Waals surface area contributed by atoms with Gasteiger partial charge in [-0.2, -0.15) is 0 Å². The average Bonchev–Trinajstić information content (AvgIpc) is 2.81. The summed E-state index contributed by atoms with van der Waals surface area (Å²) in [4.78, 5) is 1.35. The van der Waals surface area contributed by atoms with Gasteiger partial charge in [-0.05, 0) is 30.9 Å². The maximum atomic E-state index is 4.21. The molecule has 0 radical (unpaired) electrons. The zero-order valence-electron chi connectivity index (χ0n) is 11.3. The van der Waals surface area contributed by atoms with Crippen molar-refractivity contribution < 1.29 is 0 Å². The molecule has 1 aromatic heterocycles. The SMILES string of the molecule is CCCCCCC(NCC)c1snnc1CC. The minimum atomic E-state index is 0.465. The third-order valence-electron chi connectivity index (χ3n) is 3.03. The van der Waals surface area contributed by atoms with Crippen LogP contribution < -0.4 is 5.32 Å². The van der Waals surface area contributed by atoms with E-state index in [1.807, 2.05) is 0 Å². The Morgan fingerprint density at radius 3 is 2.65 bits per heavy atom. The Hall–Kier alpha value is -0.480. The van der Waals surface area contributed by atoms with E-state index in [0.29, 0.717) is 6.04 Å². The van der Waals surface area contributed by atoms with Crippen LogP contribution in [-0.2, 0) is 6.42 Å². The van der Waals surface area contributed by atoms with Gasteiger partial charge in [0.1, 0.15) is 0 Å². The monoisotopic (exact) mass is 255 g/mol. The molecule has 0 saturated carbocycles. The molecule has 4 heteroatoms. The molecule has 0 saturated heterocycles. The first kappa shape index (κ1) is 14.6. The van der Waals surface area contributed by atoms with Crippen molar-refractivity contribution in [2.45, 2.75) is 65.3 Å². The van der Waals surface area contributed by atoms with Crippen LogP contribution in [0.1, 0.15) is 69.5 Å². The largest absolute Gasteiger partial charge is 0.309 e. The van der Waals surface area contributed by atoms with E-state index in [9.17, 15) is 0 Å². The van der Waals surface area contributed by atoms with Gasteiger partial charge in [0.15, 0.2) is 0 Å². The highest BCUT2D eigenvalue weighted by atomic mass is 32.1. The molecular weight excluding hydrogens is 230 g/mol. The Morgan fingerprint density at radius 2 is 2.00 bits per heavy atom. The molecule has 1 atom stereocenters. The predicted octanol–water partition coefficient (Wildman–Crippen LogP) is 3.72. The van der Waals surface area contributed by atoms with Crippen molar-refractivity contribution in [1.82, 2.24) is 14.9 Å². The molecule has 1 N–H and O–H groups in total. The van der Waals surface area contributed by atoms with Gasteiger partial charge in [0, 0.05) is 6.04 Å². The van der Waals surface area contributed by atoms with Gasteiger partial charge in [-0.15, -0.1) is 5.10 Å². The molecule has 17 heavy (non-hydrogen) atoms. The molecule has 0 aromatic carbocycles. The van der Waals surface area contributed by atoms with Gasteiger partial charge in [-0.3, -0.25) is 0 Å². The molecule has 1 heterocycles. The van der Waals surface area contributed by atoms with Crippen LogP contribution in [0.15, 0.2) is 0 Å². The van der Waals surface area contributed by atoms with E-state index in [2.05, 4.69) is 35.7 Å². The Balaban J connectivity index is 2.52. The highest BCUT2D eigenvalue weighted by molar-refractivity contribution is 7.05. The van der Waals surface area contributed by atoms with Crippen molar-refractivity contribution in [3.63, 3.8) is 0 Å². The summed E-state index contributed by atoms with van der Waals surface area (Å²) in [5.74, 6) is 0. The van der Waals surface area contributed by atoms with Crippen LogP contribution in [0.2, 0.25) is 0 Å². The Labute approximate surface area is 109 Å². The highest BCUT2D eigenvalue weighted by Crippen LogP contribution is 2.25. The summed E-state index contributed by atoms with van der Waals surface area (Å²) >= 11 is 1.56. The fourth-order valence-electron chi connectivity index (χ4n) is 2.07. The van der Waals surface area contributed by atoms with E-state index in [1.165, 1.54) is 42.7 Å². The summed E-state index contributed by atoms with van der Waals surface area (Å²) in [7, 11) is 0. The minimum Gasteiger partial charge on any atom is -0.309 e. The quantitative estimate of drug-likeness (QED) is 0.683. The van der Waals surface area contributed by atoms with Crippen LogP contribution >= 0.6 is 11.5 Å². The number of unbranched alkanes of at least 4 members (excludes halogenated alkanes) is 3. The van der Waals surface area contributed by atoms with Crippen molar-refractivity contribution in [3.05, 3.63) is 10.6 Å². The molecule has 98 valence electrons. The standard InChI is InChI=1S/C13H25N3S/c1-4-7-8-9-10-12(14-6-3)13-11(5-2)15-16-17-13/h12,14H,4-10H2,1-3H3. The van der Waals surface area contributed by atoms with Gasteiger partial charge in [0.25, 0.3) is 0 Å². The molecule has 0 aliphatic carbocycles. The van der Waals surface area contributed by atoms with Crippen LogP contribution in [0.3, 0.4) is 0 Å². The van der Waals surface area contributed by atoms with Crippen molar-refractivity contribution in [1.29, 1.82) is 0 Å². The van der Waals surface area contributed by atoms with Crippen LogP contribution in [0.25, 0.3) is 0 Å². The molecule has 0 aliphatic rings. The van der Waals surface area contributed by atoms with E-state index in [0.717, 1.165) is 13.0 Å². The number of rotatable bonds is 9. The highest BCUT2D eigenvalue weighted by Gasteiger charge is 2.16. The van der Waals surface area contributed by atoms with Crippen molar-refractivity contribution in [2.75, 3.05) is 6.54 Å². The second-order valence-corrected chi connectivity index (χ2v) is 5.18. The fourth-order valence-corrected chi connectivity index (χ4v) is 2.92. The number of aromatic nitrogens is 2. The molecule has 0 aliphatic heterocycles. The summed E-state index contributed by atoms with van der Waals surface area (Å²) in [5, 5.41) is 7.78. The lowest BCUT2D eigenvalue weighted by Crippen LogP contribution is -2.21. The first-order valence-corrected chi connectivity index (χ1v) is 7.65. The lowest BCUT2D eigenvalue weighted by atomic mass is 10.0. The zero-order chi connectivity index (χ0) is 12.5. The number of hydrogen-bond donors (Lipinski definition) is 1. The third kappa shape index (κ3) is 4.72. The smallest absolute Gasteiger partial charge is 0.0800 e. The molecule has 0 fully saturated rings. The first-order valence-electron chi connectivity index (χ1n) is 6.87. The van der Waals surface area contributed by atoms with E-state index in [-0.39, 0.29) is 0 Å². The summed E-state index contributed by atoms with van der Waals surface area (Å²) < 4.78 is 4.09. The lowest BCUT2D eigenvalue weighted by Gasteiger charge is -2.16. The van der Waals surface area contributed by atoms with Gasteiger partial charge in [0.2, 0.25) is 0 Å². The molecule has 0 amide bonds. The molecule has 1 aromatic rings. The van der Waals surface area contributed by atoms with Crippen molar-refractivity contribution in [3.8, 4) is 0 Å². The second-order valence-electron chi connectivity index (χ2n) is 4.40. The van der Waals surface area contributed by atoms with Crippen molar-refractivity contribution >= 4 is 11.5 Å². The first-order chi connectivity index (χ1) is 8.33. The predicted molar refractivity (Wildman–Crippen MR) is 74.5 cm³/mol. The van der Waals surface area contributed by atoms with Crippen LogP contribution in [0.5, 0.6) is 0 Å².